The van der Waals surface area contributed by atoms with Gasteiger partial charge in [0, 0.05) is 38.3 Å². The molecule has 1 aliphatic heterocycles. The molecule has 0 saturated carbocycles. The van der Waals surface area contributed by atoms with E-state index in [-0.39, 0.29) is 70.8 Å². The van der Waals surface area contributed by atoms with Crippen molar-refractivity contribution in [1.29, 1.82) is 0 Å². The highest BCUT2D eigenvalue weighted by molar-refractivity contribution is 5.93. The van der Waals surface area contributed by atoms with Crippen molar-refractivity contribution >= 4 is 35.7 Å². The summed E-state index contributed by atoms with van der Waals surface area (Å²) in [7, 11) is 0. The summed E-state index contributed by atoms with van der Waals surface area (Å²) in [6.45, 7) is 4.99. The van der Waals surface area contributed by atoms with Gasteiger partial charge >= 0.3 is 12.1 Å². The molecule has 15 nitrogen and oxygen atoms in total. The Bertz CT molecular complexity index is 1470. The molecule has 2 aromatic carbocycles. The second-order valence-corrected chi connectivity index (χ2v) is 11.9. The van der Waals surface area contributed by atoms with E-state index in [0.29, 0.717) is 13.0 Å². The number of hydrogen-bond acceptors (Lipinski definition) is 10. The van der Waals surface area contributed by atoms with E-state index in [4.69, 9.17) is 18.9 Å². The van der Waals surface area contributed by atoms with Crippen molar-refractivity contribution in [2.45, 2.75) is 57.2 Å². The van der Waals surface area contributed by atoms with Crippen LogP contribution in [0.1, 0.15) is 50.2 Å². The van der Waals surface area contributed by atoms with E-state index in [2.05, 4.69) is 50.8 Å². The molecule has 0 bridgehead atoms. The van der Waals surface area contributed by atoms with Crippen LogP contribution in [-0.2, 0) is 42.9 Å². The number of benzene rings is 2. The lowest BCUT2D eigenvalue weighted by Crippen LogP contribution is -2.53. The van der Waals surface area contributed by atoms with Crippen LogP contribution in [0.5, 0.6) is 0 Å². The van der Waals surface area contributed by atoms with Crippen LogP contribution in [0.3, 0.4) is 0 Å². The van der Waals surface area contributed by atoms with E-state index in [1.165, 1.54) is 25.0 Å². The minimum absolute atomic E-state index is 0.00849. The molecule has 1 aliphatic carbocycles. The first-order chi connectivity index (χ1) is 24.1. The first-order valence-corrected chi connectivity index (χ1v) is 16.7. The molecular weight excluding hydrogens is 650 g/mol. The largest absolute Gasteiger partial charge is 0.464 e. The fraction of sp³-hybridized carbons (Fsp3) is 0.486. The van der Waals surface area contributed by atoms with E-state index in [0.717, 1.165) is 11.1 Å². The summed E-state index contributed by atoms with van der Waals surface area (Å²) in [5.41, 5.74) is 4.62. The molecule has 5 N–H and O–H groups in total. The van der Waals surface area contributed by atoms with E-state index in [1.807, 2.05) is 24.3 Å². The minimum Gasteiger partial charge on any atom is -0.464 e. The number of cyclic esters (lactones) is 1. The Hall–Kier alpha value is -5.02. The van der Waals surface area contributed by atoms with Gasteiger partial charge in [0.2, 0.25) is 23.6 Å². The van der Waals surface area contributed by atoms with Crippen LogP contribution in [0.2, 0.25) is 0 Å². The maximum absolute atomic E-state index is 12.4. The van der Waals surface area contributed by atoms with Gasteiger partial charge in [0.25, 0.3) is 0 Å². The highest BCUT2D eigenvalue weighted by atomic mass is 16.6. The topological polar surface area (TPSA) is 199 Å². The molecule has 2 aromatic rings. The average molecular weight is 696 g/mol. The lowest BCUT2D eigenvalue weighted by molar-refractivity contribution is -0.141. The number of hydrogen-bond donors (Lipinski definition) is 5. The Morgan fingerprint density at radius 3 is 1.96 bits per heavy atom. The second kappa shape index (κ2) is 19.2. The van der Waals surface area contributed by atoms with Crippen LogP contribution in [0.25, 0.3) is 11.1 Å². The van der Waals surface area contributed by atoms with Crippen molar-refractivity contribution in [2.75, 3.05) is 52.7 Å². The SMILES string of the molecule is C[C@H](NC(=O)CCC(=O)NCCOCCOCCNC(=O)OCC1c2ccccc2-c2ccccc21)C(=O)N[C@@H](C)C(=O)NC1CCOC1=O. The van der Waals surface area contributed by atoms with Gasteiger partial charge in [-0.2, -0.15) is 0 Å². The normalized spacial score (nSPS) is 15.9. The molecule has 0 aromatic heterocycles. The third kappa shape index (κ3) is 11.3. The Labute approximate surface area is 290 Å². The van der Waals surface area contributed by atoms with Crippen LogP contribution < -0.4 is 26.6 Å². The lowest BCUT2D eigenvalue weighted by atomic mass is 9.98. The quantitative estimate of drug-likeness (QED) is 0.104. The standard InChI is InChI=1S/C35H45N5O10/c1-22(32(43)39-23(2)33(44)40-29-13-16-49-34(29)45)38-31(42)12-11-30(41)36-14-17-47-19-20-48-18-15-37-35(46)50-21-28-26-9-5-3-7-24(26)25-8-4-6-10-27(25)28/h3-10,22-23,28-29H,11-21H2,1-2H3,(H,36,41)(H,37,46)(H,38,42)(H,39,43)(H,40,44)/t22-,23-,29?/m0/s1. The fourth-order valence-electron chi connectivity index (χ4n) is 5.48. The number of ether oxygens (including phenoxy) is 4. The first-order valence-electron chi connectivity index (χ1n) is 16.7. The molecule has 4 rings (SSSR count). The minimum atomic E-state index is -0.948. The number of nitrogens with one attached hydrogen (secondary N) is 5. The molecule has 1 unspecified atom stereocenters. The van der Waals surface area contributed by atoms with Crippen molar-refractivity contribution in [2.24, 2.45) is 0 Å². The van der Waals surface area contributed by atoms with Crippen LogP contribution in [0.15, 0.2) is 48.5 Å². The molecule has 0 radical (unpaired) electrons. The molecule has 50 heavy (non-hydrogen) atoms. The number of alkyl carbamates (subject to hydrolysis) is 1. The summed E-state index contributed by atoms with van der Waals surface area (Å²) in [5.74, 6) is -2.52. The van der Waals surface area contributed by atoms with E-state index in [9.17, 15) is 28.8 Å². The van der Waals surface area contributed by atoms with Gasteiger partial charge in [-0.1, -0.05) is 48.5 Å². The van der Waals surface area contributed by atoms with Crippen LogP contribution >= 0.6 is 0 Å². The molecule has 1 saturated heterocycles. The summed E-state index contributed by atoms with van der Waals surface area (Å²) >= 11 is 0. The number of rotatable bonds is 19. The summed E-state index contributed by atoms with van der Waals surface area (Å²) in [6.07, 6.45) is -0.373. The van der Waals surface area contributed by atoms with Crippen molar-refractivity contribution in [1.82, 2.24) is 26.6 Å². The summed E-state index contributed by atoms with van der Waals surface area (Å²) in [4.78, 5) is 72.6. The zero-order valence-corrected chi connectivity index (χ0v) is 28.3. The van der Waals surface area contributed by atoms with Crippen LogP contribution in [-0.4, -0.2) is 107 Å². The van der Waals surface area contributed by atoms with Crippen molar-refractivity contribution in [3.8, 4) is 11.1 Å². The molecule has 2 aliphatic rings. The highest BCUT2D eigenvalue weighted by Crippen LogP contribution is 2.44. The van der Waals surface area contributed by atoms with Crippen molar-refractivity contribution in [3.63, 3.8) is 0 Å². The molecule has 1 heterocycles. The monoisotopic (exact) mass is 695 g/mol. The van der Waals surface area contributed by atoms with Gasteiger partial charge in [-0.05, 0) is 36.1 Å². The average Bonchev–Trinajstić information content (AvgIpc) is 3.66. The smallest absolute Gasteiger partial charge is 0.407 e. The van der Waals surface area contributed by atoms with Gasteiger partial charge in [-0.3, -0.25) is 19.2 Å². The molecular formula is C35H45N5O10. The molecule has 3 atom stereocenters. The first kappa shape index (κ1) is 37.8. The Morgan fingerprint density at radius 1 is 0.760 bits per heavy atom. The number of amides is 5. The van der Waals surface area contributed by atoms with Gasteiger partial charge in [-0.15, -0.1) is 0 Å². The zero-order chi connectivity index (χ0) is 35.9. The lowest BCUT2D eigenvalue weighted by Gasteiger charge is -2.19. The molecule has 1 fully saturated rings. The van der Waals surface area contributed by atoms with Crippen molar-refractivity contribution < 1.29 is 47.7 Å². The highest BCUT2D eigenvalue weighted by Gasteiger charge is 2.31. The van der Waals surface area contributed by atoms with E-state index in [1.54, 1.807) is 0 Å². The number of carbonyl (C=O) groups excluding carboxylic acids is 6. The fourth-order valence-corrected chi connectivity index (χ4v) is 5.48. The summed E-state index contributed by atoms with van der Waals surface area (Å²) in [6, 6.07) is 13.6. The van der Waals surface area contributed by atoms with E-state index >= 15 is 0 Å². The van der Waals surface area contributed by atoms with Crippen LogP contribution in [0, 0.1) is 0 Å². The maximum atomic E-state index is 12.4. The summed E-state index contributed by atoms with van der Waals surface area (Å²) < 4.78 is 21.2. The number of esters is 1. The van der Waals surface area contributed by atoms with Gasteiger partial charge in [0.1, 0.15) is 24.7 Å². The van der Waals surface area contributed by atoms with Gasteiger partial charge in [0.05, 0.1) is 33.0 Å². The van der Waals surface area contributed by atoms with Gasteiger partial charge in [0.15, 0.2) is 0 Å². The summed E-state index contributed by atoms with van der Waals surface area (Å²) in [5, 5.41) is 12.8. The Morgan fingerprint density at radius 2 is 1.34 bits per heavy atom. The zero-order valence-electron chi connectivity index (χ0n) is 28.3. The van der Waals surface area contributed by atoms with E-state index < -0.39 is 47.9 Å². The molecule has 0 spiro atoms. The van der Waals surface area contributed by atoms with Crippen LogP contribution in [0.4, 0.5) is 4.79 Å². The number of fused-ring (bicyclic) bond motifs is 3. The molecule has 15 heteroatoms. The predicted molar refractivity (Wildman–Crippen MR) is 180 cm³/mol. The second-order valence-electron chi connectivity index (χ2n) is 11.9. The maximum Gasteiger partial charge on any atom is 0.407 e. The Kier molecular flexibility index (Phi) is 14.5. The third-order valence-electron chi connectivity index (χ3n) is 8.15. The number of carbonyl (C=O) groups is 6. The molecule has 5 amide bonds. The third-order valence-corrected chi connectivity index (χ3v) is 8.15. The predicted octanol–water partition coefficient (Wildman–Crippen LogP) is 0.896. The van der Waals surface area contributed by atoms with Gasteiger partial charge < -0.3 is 45.5 Å². The molecule has 270 valence electrons. The van der Waals surface area contributed by atoms with Crippen molar-refractivity contribution in [3.05, 3.63) is 59.7 Å². The Balaban J connectivity index is 0.959. The van der Waals surface area contributed by atoms with Gasteiger partial charge in [-0.25, -0.2) is 9.59 Å².